The van der Waals surface area contributed by atoms with Crippen LogP contribution in [0, 0.1) is 0 Å². The minimum atomic E-state index is -0.468. The number of esters is 1. The molecule has 1 aliphatic carbocycles. The van der Waals surface area contributed by atoms with Gasteiger partial charge in [0.2, 0.25) is 5.91 Å². The molecule has 0 aromatic heterocycles. The highest BCUT2D eigenvalue weighted by Gasteiger charge is 2.29. The highest BCUT2D eigenvalue weighted by atomic mass is 16.6. The van der Waals surface area contributed by atoms with E-state index in [4.69, 9.17) is 4.74 Å². The maximum Gasteiger partial charge on any atom is 0.320 e. The van der Waals surface area contributed by atoms with Crippen LogP contribution >= 0.6 is 0 Å². The minimum Gasteiger partial charge on any atom is -0.459 e. The number of nitrogens with zero attached hydrogens (tertiary/aromatic N) is 1. The Morgan fingerprint density at radius 1 is 0.854 bits per heavy atom. The van der Waals surface area contributed by atoms with E-state index in [2.05, 4.69) is 58.7 Å². The second-order valence-corrected chi connectivity index (χ2v) is 12.0. The largest absolute Gasteiger partial charge is 0.459 e. The highest BCUT2D eigenvalue weighted by Crippen LogP contribution is 2.35. The Bertz CT molecular complexity index is 1260. The zero-order valence-corrected chi connectivity index (χ0v) is 24.7. The summed E-state index contributed by atoms with van der Waals surface area (Å²) in [7, 11) is 0. The lowest BCUT2D eigenvalue weighted by molar-refractivity contribution is -0.153. The maximum absolute atomic E-state index is 13.5. The van der Waals surface area contributed by atoms with Crippen molar-refractivity contribution in [3.8, 4) is 0 Å². The van der Waals surface area contributed by atoms with Crippen LogP contribution < -0.4 is 5.32 Å². The number of carbonyl (C=O) groups is 2. The third kappa shape index (κ3) is 10.0. The molecule has 3 aromatic rings. The number of amides is 1. The first-order valence-electron chi connectivity index (χ1n) is 14.8. The zero-order chi connectivity index (χ0) is 29.1. The molecule has 0 aliphatic heterocycles. The Hall–Kier alpha value is -3.70. The van der Waals surface area contributed by atoms with Gasteiger partial charge in [0.1, 0.15) is 5.60 Å². The van der Waals surface area contributed by atoms with Crippen molar-refractivity contribution in [3.05, 3.63) is 113 Å². The van der Waals surface area contributed by atoms with E-state index in [9.17, 15) is 9.59 Å². The quantitative estimate of drug-likeness (QED) is 0.254. The molecule has 41 heavy (non-hydrogen) atoms. The second kappa shape index (κ2) is 14.8. The summed E-state index contributed by atoms with van der Waals surface area (Å²) in [4.78, 5) is 27.5. The van der Waals surface area contributed by atoms with Gasteiger partial charge in [-0.05, 0) is 74.6 Å². The fourth-order valence-electron chi connectivity index (χ4n) is 5.49. The molecule has 1 fully saturated rings. The molecular weight excluding hydrogens is 508 g/mol. The van der Waals surface area contributed by atoms with Crippen molar-refractivity contribution in [2.75, 3.05) is 6.54 Å². The normalized spacial score (nSPS) is 17.3. The van der Waals surface area contributed by atoms with E-state index in [1.807, 2.05) is 69.3 Å². The summed E-state index contributed by atoms with van der Waals surface area (Å²) in [5, 5.41) is 3.18. The van der Waals surface area contributed by atoms with Gasteiger partial charge in [0, 0.05) is 25.6 Å². The third-order valence-electron chi connectivity index (χ3n) is 7.53. The van der Waals surface area contributed by atoms with Crippen molar-refractivity contribution >= 4 is 18.0 Å². The van der Waals surface area contributed by atoms with E-state index in [0.29, 0.717) is 25.4 Å². The van der Waals surface area contributed by atoms with E-state index in [1.54, 1.807) is 0 Å². The molecule has 0 unspecified atom stereocenters. The molecule has 0 atom stereocenters. The van der Waals surface area contributed by atoms with Crippen molar-refractivity contribution in [1.29, 1.82) is 0 Å². The Kier molecular flexibility index (Phi) is 10.9. The van der Waals surface area contributed by atoms with Crippen LogP contribution in [0.2, 0.25) is 0 Å². The molecule has 0 bridgehead atoms. The molecule has 0 saturated heterocycles. The molecule has 0 heterocycles. The number of hydrogen-bond acceptors (Lipinski definition) is 4. The van der Waals surface area contributed by atoms with E-state index >= 15 is 0 Å². The van der Waals surface area contributed by atoms with E-state index in [0.717, 1.165) is 36.8 Å². The molecule has 5 heteroatoms. The van der Waals surface area contributed by atoms with Crippen molar-refractivity contribution in [1.82, 2.24) is 10.2 Å². The van der Waals surface area contributed by atoms with Gasteiger partial charge >= 0.3 is 5.97 Å². The van der Waals surface area contributed by atoms with Gasteiger partial charge in [-0.3, -0.25) is 9.59 Å². The van der Waals surface area contributed by atoms with Crippen molar-refractivity contribution < 1.29 is 14.3 Å². The predicted molar refractivity (Wildman–Crippen MR) is 166 cm³/mol. The summed E-state index contributed by atoms with van der Waals surface area (Å²) >= 11 is 0. The number of rotatable bonds is 11. The first-order valence-corrected chi connectivity index (χ1v) is 14.8. The lowest BCUT2D eigenvalue weighted by atomic mass is 9.81. The Morgan fingerprint density at radius 3 is 2.12 bits per heavy atom. The molecule has 0 radical (unpaired) electrons. The lowest BCUT2D eigenvalue weighted by Crippen LogP contribution is -2.41. The number of nitrogens with one attached hydrogen (secondary N) is 1. The average Bonchev–Trinajstić information content (AvgIpc) is 2.96. The first kappa shape index (κ1) is 30.3. The molecule has 216 valence electrons. The summed E-state index contributed by atoms with van der Waals surface area (Å²) in [5.74, 6) is 0.451. The monoisotopic (exact) mass is 552 g/mol. The van der Waals surface area contributed by atoms with Gasteiger partial charge in [-0.15, -0.1) is 0 Å². The zero-order valence-electron chi connectivity index (χ0n) is 24.7. The van der Waals surface area contributed by atoms with Gasteiger partial charge < -0.3 is 15.0 Å². The maximum atomic E-state index is 13.5. The van der Waals surface area contributed by atoms with Crippen molar-refractivity contribution in [2.24, 2.45) is 0 Å². The fraction of sp³-hybridized carbons (Fsp3) is 0.389. The van der Waals surface area contributed by atoms with E-state index in [1.165, 1.54) is 11.1 Å². The van der Waals surface area contributed by atoms with Crippen LogP contribution in [0.4, 0.5) is 0 Å². The van der Waals surface area contributed by atoms with Crippen LogP contribution in [0.1, 0.15) is 81.0 Å². The van der Waals surface area contributed by atoms with E-state index in [-0.39, 0.29) is 24.5 Å². The van der Waals surface area contributed by atoms with E-state index < -0.39 is 5.60 Å². The van der Waals surface area contributed by atoms with Gasteiger partial charge in [0.15, 0.2) is 0 Å². The summed E-state index contributed by atoms with van der Waals surface area (Å²) in [6, 6.07) is 29.4. The summed E-state index contributed by atoms with van der Waals surface area (Å²) in [6.07, 6.45) is 8.58. The van der Waals surface area contributed by atoms with Crippen LogP contribution in [0.5, 0.6) is 0 Å². The second-order valence-electron chi connectivity index (χ2n) is 12.0. The molecule has 0 spiro atoms. The van der Waals surface area contributed by atoms with Crippen LogP contribution in [-0.2, 0) is 27.4 Å². The average molecular weight is 553 g/mol. The van der Waals surface area contributed by atoms with Gasteiger partial charge in [-0.1, -0.05) is 97.1 Å². The number of benzene rings is 3. The summed E-state index contributed by atoms with van der Waals surface area (Å²) < 4.78 is 5.36. The Balaban J connectivity index is 1.31. The molecule has 1 saturated carbocycles. The fourth-order valence-corrected chi connectivity index (χ4v) is 5.49. The molecule has 1 aliphatic rings. The molecule has 1 amide bonds. The minimum absolute atomic E-state index is 0.188. The van der Waals surface area contributed by atoms with Gasteiger partial charge in [-0.25, -0.2) is 0 Å². The summed E-state index contributed by atoms with van der Waals surface area (Å²) in [6.45, 7) is 7.10. The highest BCUT2D eigenvalue weighted by molar-refractivity contribution is 5.79. The molecule has 5 nitrogen and oxygen atoms in total. The van der Waals surface area contributed by atoms with Gasteiger partial charge in [0.25, 0.3) is 0 Å². The lowest BCUT2D eigenvalue weighted by Gasteiger charge is -2.37. The third-order valence-corrected chi connectivity index (χ3v) is 7.53. The molecular formula is C36H44N2O3. The topological polar surface area (TPSA) is 58.6 Å². The van der Waals surface area contributed by atoms with Crippen molar-refractivity contribution in [2.45, 2.75) is 83.5 Å². The molecule has 4 rings (SSSR count). The van der Waals surface area contributed by atoms with Crippen molar-refractivity contribution in [3.63, 3.8) is 0 Å². The molecule has 1 N–H and O–H groups in total. The standard InChI is InChI=1S/C36H44N2O3/c1-36(2,3)41-35(40)26-37-25-29-17-19-31(20-18-29)32-21-23-33(24-22-32)38(27-30-13-8-5-9-14-30)34(39)16-10-15-28-11-6-4-7-12-28/h4-15,17-20,32-33,37H,16,21-27H2,1-3H3. The predicted octanol–water partition coefficient (Wildman–Crippen LogP) is 7.28. The van der Waals surface area contributed by atoms with Crippen LogP contribution in [0.15, 0.2) is 91.0 Å². The smallest absolute Gasteiger partial charge is 0.320 e. The first-order chi connectivity index (χ1) is 19.8. The van der Waals surface area contributed by atoms with Crippen LogP contribution in [0.25, 0.3) is 6.08 Å². The number of ether oxygens (including phenoxy) is 1. The number of carbonyl (C=O) groups excluding carboxylic acids is 2. The van der Waals surface area contributed by atoms with Crippen LogP contribution in [-0.4, -0.2) is 35.0 Å². The van der Waals surface area contributed by atoms with Gasteiger partial charge in [-0.2, -0.15) is 0 Å². The summed E-state index contributed by atoms with van der Waals surface area (Å²) in [5.41, 5.74) is 4.32. The van der Waals surface area contributed by atoms with Gasteiger partial charge in [0.05, 0.1) is 6.54 Å². The Labute approximate surface area is 245 Å². The Morgan fingerprint density at radius 2 is 1.49 bits per heavy atom. The SMILES string of the molecule is CC(C)(C)OC(=O)CNCc1ccc(C2CCC(N(Cc3ccccc3)C(=O)CC=Cc3ccccc3)CC2)cc1. The molecule has 3 aromatic carbocycles. The van der Waals surface area contributed by atoms with Crippen LogP contribution in [0.3, 0.4) is 0 Å². The number of hydrogen-bond donors (Lipinski definition) is 1.